The third-order valence-corrected chi connectivity index (χ3v) is 3.78. The average Bonchev–Trinajstić information content (AvgIpc) is 2.40. The summed E-state index contributed by atoms with van der Waals surface area (Å²) in [4.78, 5) is 0. The van der Waals surface area contributed by atoms with Gasteiger partial charge >= 0.3 is 0 Å². The highest BCUT2D eigenvalue weighted by Gasteiger charge is 2.10. The van der Waals surface area contributed by atoms with E-state index in [0.29, 0.717) is 20.3 Å². The first-order valence-corrected chi connectivity index (χ1v) is 7.31. The van der Waals surface area contributed by atoms with E-state index in [4.69, 9.17) is 33.7 Å². The molecule has 0 radical (unpaired) electrons. The first-order valence-electron chi connectivity index (χ1n) is 5.76. The molecule has 0 aliphatic rings. The summed E-state index contributed by atoms with van der Waals surface area (Å²) in [5.74, 6) is 0.180. The van der Waals surface area contributed by atoms with Gasteiger partial charge in [-0.15, -0.1) is 0 Å². The van der Waals surface area contributed by atoms with Gasteiger partial charge < -0.3 is 10.5 Å². The van der Waals surface area contributed by atoms with E-state index in [2.05, 4.69) is 15.9 Å². The molecule has 0 heterocycles. The molecular weight excluding hydrogens is 368 g/mol. The van der Waals surface area contributed by atoms with Crippen molar-refractivity contribution in [1.29, 1.82) is 0 Å². The molecule has 0 saturated heterocycles. The zero-order valence-corrected chi connectivity index (χ0v) is 13.4. The molecular formula is C14H11BrCl2FNO. The third kappa shape index (κ3) is 3.64. The van der Waals surface area contributed by atoms with E-state index in [1.807, 2.05) is 0 Å². The molecule has 0 bridgehead atoms. The maximum atomic E-state index is 13.1. The third-order valence-electron chi connectivity index (χ3n) is 2.67. The van der Waals surface area contributed by atoms with Crippen LogP contribution in [0, 0.1) is 5.82 Å². The Hall–Kier alpha value is -0.810. The lowest BCUT2D eigenvalue weighted by molar-refractivity contribution is 0.303. The lowest BCUT2D eigenvalue weighted by Crippen LogP contribution is -2.03. The van der Waals surface area contributed by atoms with Crippen LogP contribution in [0.4, 0.5) is 4.39 Å². The molecule has 2 rings (SSSR count). The van der Waals surface area contributed by atoms with Crippen molar-refractivity contribution < 1.29 is 9.13 Å². The number of benzene rings is 2. The fraction of sp³-hybridized carbons (Fsp3) is 0.143. The van der Waals surface area contributed by atoms with Gasteiger partial charge in [0.25, 0.3) is 0 Å². The summed E-state index contributed by atoms with van der Waals surface area (Å²) in [7, 11) is 0. The zero-order chi connectivity index (χ0) is 14.7. The summed E-state index contributed by atoms with van der Waals surface area (Å²) in [5, 5.41) is 0.909. The quantitative estimate of drug-likeness (QED) is 0.818. The molecule has 2 nitrogen and oxygen atoms in total. The van der Waals surface area contributed by atoms with Gasteiger partial charge in [-0.25, -0.2) is 4.39 Å². The predicted octanol–water partition coefficient (Wildman–Crippen LogP) is 4.93. The zero-order valence-electron chi connectivity index (χ0n) is 10.3. The first-order chi connectivity index (χ1) is 9.51. The molecule has 20 heavy (non-hydrogen) atoms. The second-order valence-corrected chi connectivity index (χ2v) is 5.82. The Morgan fingerprint density at radius 1 is 1.20 bits per heavy atom. The normalized spacial score (nSPS) is 10.7. The Labute approximate surface area is 134 Å². The molecule has 0 aliphatic heterocycles. The Kier molecular flexibility index (Phi) is 5.27. The van der Waals surface area contributed by atoms with Gasteiger partial charge in [0.2, 0.25) is 0 Å². The Balaban J connectivity index is 2.20. The Morgan fingerprint density at radius 3 is 2.60 bits per heavy atom. The minimum Gasteiger partial charge on any atom is -0.487 e. The highest BCUT2D eigenvalue weighted by atomic mass is 79.9. The topological polar surface area (TPSA) is 35.2 Å². The molecule has 6 heteroatoms. The number of hydrogen-bond acceptors (Lipinski definition) is 2. The molecule has 0 unspecified atom stereocenters. The fourth-order valence-electron chi connectivity index (χ4n) is 1.71. The molecule has 0 atom stereocenters. The highest BCUT2D eigenvalue weighted by Crippen LogP contribution is 2.33. The van der Waals surface area contributed by atoms with Crippen LogP contribution >= 0.6 is 39.1 Å². The molecule has 2 N–H and O–H groups in total. The standard InChI is InChI=1S/C14H11BrCl2FNO/c15-11-3-8(1-2-13(11)18)7-20-14-9(6-19)4-10(16)5-12(14)17/h1-5H,6-7,19H2. The summed E-state index contributed by atoms with van der Waals surface area (Å²) in [5.41, 5.74) is 7.18. The van der Waals surface area contributed by atoms with Crippen molar-refractivity contribution in [2.24, 2.45) is 5.73 Å². The molecule has 2 aromatic carbocycles. The van der Waals surface area contributed by atoms with Gasteiger partial charge in [0.1, 0.15) is 18.2 Å². The molecule has 0 saturated carbocycles. The second kappa shape index (κ2) is 6.76. The second-order valence-electron chi connectivity index (χ2n) is 4.12. The lowest BCUT2D eigenvalue weighted by atomic mass is 10.2. The molecule has 106 valence electrons. The van der Waals surface area contributed by atoms with Crippen LogP contribution in [0.3, 0.4) is 0 Å². The van der Waals surface area contributed by atoms with Crippen molar-refractivity contribution in [3.8, 4) is 5.75 Å². The van der Waals surface area contributed by atoms with E-state index in [9.17, 15) is 4.39 Å². The summed E-state index contributed by atoms with van der Waals surface area (Å²) < 4.78 is 19.2. The van der Waals surface area contributed by atoms with Crippen LogP contribution in [-0.2, 0) is 13.2 Å². The van der Waals surface area contributed by atoms with Crippen molar-refractivity contribution >= 4 is 39.1 Å². The van der Waals surface area contributed by atoms with E-state index in [0.717, 1.165) is 11.1 Å². The highest BCUT2D eigenvalue weighted by molar-refractivity contribution is 9.10. The fourth-order valence-corrected chi connectivity index (χ4v) is 2.73. The predicted molar refractivity (Wildman–Crippen MR) is 82.8 cm³/mol. The smallest absolute Gasteiger partial charge is 0.142 e. The SMILES string of the molecule is NCc1cc(Cl)cc(Cl)c1OCc1ccc(F)c(Br)c1. The summed E-state index contributed by atoms with van der Waals surface area (Å²) >= 11 is 15.1. The van der Waals surface area contributed by atoms with Gasteiger partial charge in [0, 0.05) is 17.1 Å². The van der Waals surface area contributed by atoms with Gasteiger partial charge in [-0.3, -0.25) is 0 Å². The van der Waals surface area contributed by atoms with E-state index in [1.54, 1.807) is 24.3 Å². The maximum Gasteiger partial charge on any atom is 0.142 e. The number of rotatable bonds is 4. The van der Waals surface area contributed by atoms with Crippen molar-refractivity contribution in [2.75, 3.05) is 0 Å². The van der Waals surface area contributed by atoms with E-state index in [-0.39, 0.29) is 19.0 Å². The Bertz CT molecular complexity index is 637. The summed E-state index contributed by atoms with van der Waals surface area (Å²) in [6, 6.07) is 7.98. The molecule has 2 aromatic rings. The summed E-state index contributed by atoms with van der Waals surface area (Å²) in [6.45, 7) is 0.524. The van der Waals surface area contributed by atoms with Gasteiger partial charge in [-0.1, -0.05) is 29.3 Å². The Morgan fingerprint density at radius 2 is 1.95 bits per heavy atom. The van der Waals surface area contributed by atoms with E-state index >= 15 is 0 Å². The number of nitrogens with two attached hydrogens (primary N) is 1. The maximum absolute atomic E-state index is 13.1. The van der Waals surface area contributed by atoms with Gasteiger partial charge in [-0.05, 0) is 45.8 Å². The van der Waals surface area contributed by atoms with Crippen LogP contribution < -0.4 is 10.5 Å². The molecule has 0 fully saturated rings. The molecule has 0 aliphatic carbocycles. The molecule has 0 amide bonds. The largest absolute Gasteiger partial charge is 0.487 e. The average molecular weight is 379 g/mol. The van der Waals surface area contributed by atoms with Crippen LogP contribution in [0.5, 0.6) is 5.75 Å². The van der Waals surface area contributed by atoms with Gasteiger partial charge in [-0.2, -0.15) is 0 Å². The van der Waals surface area contributed by atoms with Crippen LogP contribution in [0.2, 0.25) is 10.0 Å². The lowest BCUT2D eigenvalue weighted by Gasteiger charge is -2.13. The van der Waals surface area contributed by atoms with E-state index < -0.39 is 0 Å². The van der Waals surface area contributed by atoms with Crippen molar-refractivity contribution in [3.63, 3.8) is 0 Å². The van der Waals surface area contributed by atoms with Crippen molar-refractivity contribution in [3.05, 3.63) is 61.8 Å². The van der Waals surface area contributed by atoms with E-state index in [1.165, 1.54) is 6.07 Å². The minimum atomic E-state index is -0.319. The molecule has 0 aromatic heterocycles. The number of ether oxygens (including phenoxy) is 1. The van der Waals surface area contributed by atoms with Gasteiger partial charge in [0.05, 0.1) is 9.50 Å². The number of halogens is 4. The van der Waals surface area contributed by atoms with Crippen molar-refractivity contribution in [1.82, 2.24) is 0 Å². The van der Waals surface area contributed by atoms with Crippen LogP contribution in [0.25, 0.3) is 0 Å². The van der Waals surface area contributed by atoms with Crippen LogP contribution in [-0.4, -0.2) is 0 Å². The van der Waals surface area contributed by atoms with Crippen LogP contribution in [0.15, 0.2) is 34.8 Å². The van der Waals surface area contributed by atoms with Gasteiger partial charge in [0.15, 0.2) is 0 Å². The minimum absolute atomic E-state index is 0.257. The monoisotopic (exact) mass is 377 g/mol. The van der Waals surface area contributed by atoms with Crippen LogP contribution in [0.1, 0.15) is 11.1 Å². The molecule has 0 spiro atoms. The summed E-state index contributed by atoms with van der Waals surface area (Å²) in [6.07, 6.45) is 0. The van der Waals surface area contributed by atoms with Crippen molar-refractivity contribution in [2.45, 2.75) is 13.2 Å². The number of hydrogen-bond donors (Lipinski definition) is 1. The first kappa shape index (κ1) is 15.6.